The number of rotatable bonds is 2. The molecule has 15 heavy (non-hydrogen) atoms. The highest BCUT2D eigenvalue weighted by molar-refractivity contribution is 7.79. The Balaban J connectivity index is 2.79. The zero-order valence-corrected chi connectivity index (χ0v) is 9.33. The lowest BCUT2D eigenvalue weighted by atomic mass is 10.2. The van der Waals surface area contributed by atoms with Gasteiger partial charge in [-0.25, -0.2) is 9.00 Å². The number of ether oxygens (including phenoxy) is 1. The second kappa shape index (κ2) is 4.11. The lowest BCUT2D eigenvalue weighted by Gasteiger charge is -2.18. The van der Waals surface area contributed by atoms with Crippen molar-refractivity contribution in [1.82, 2.24) is 5.16 Å². The van der Waals surface area contributed by atoms with Crippen molar-refractivity contribution in [2.75, 3.05) is 0 Å². The van der Waals surface area contributed by atoms with Gasteiger partial charge >= 0.3 is 5.97 Å². The van der Waals surface area contributed by atoms with Crippen molar-refractivity contribution in [3.05, 3.63) is 11.8 Å². The van der Waals surface area contributed by atoms with Crippen LogP contribution >= 0.6 is 0 Å². The minimum Gasteiger partial charge on any atom is -0.455 e. The molecule has 1 unspecified atom stereocenters. The van der Waals surface area contributed by atoms with Crippen LogP contribution in [0.25, 0.3) is 0 Å². The van der Waals surface area contributed by atoms with Crippen LogP contribution < -0.4 is 0 Å². The number of aromatic nitrogens is 1. The predicted octanol–water partition coefficient (Wildman–Crippen LogP) is 1.21. The van der Waals surface area contributed by atoms with Crippen LogP contribution in [0.3, 0.4) is 0 Å². The Bertz CT molecular complexity index is 392. The molecule has 0 aliphatic carbocycles. The average molecular weight is 233 g/mol. The molecular formula is C8H11NO5S. The van der Waals surface area contributed by atoms with Crippen molar-refractivity contribution in [2.45, 2.75) is 31.5 Å². The number of carbonyl (C=O) groups is 1. The van der Waals surface area contributed by atoms with Crippen molar-refractivity contribution in [3.8, 4) is 0 Å². The third-order valence-electron chi connectivity index (χ3n) is 1.27. The molecule has 0 bridgehead atoms. The van der Waals surface area contributed by atoms with Gasteiger partial charge in [0.15, 0.2) is 5.69 Å². The van der Waals surface area contributed by atoms with Gasteiger partial charge in [0.2, 0.25) is 11.1 Å². The van der Waals surface area contributed by atoms with E-state index in [4.69, 9.17) is 9.29 Å². The Morgan fingerprint density at radius 2 is 2.20 bits per heavy atom. The third kappa shape index (κ3) is 3.45. The summed E-state index contributed by atoms with van der Waals surface area (Å²) in [7, 11) is 0. The van der Waals surface area contributed by atoms with Crippen LogP contribution in [-0.4, -0.2) is 25.5 Å². The molecule has 1 aromatic rings. The van der Waals surface area contributed by atoms with E-state index in [9.17, 15) is 9.00 Å². The molecule has 1 rings (SSSR count). The Morgan fingerprint density at radius 3 is 2.60 bits per heavy atom. The largest absolute Gasteiger partial charge is 0.455 e. The highest BCUT2D eigenvalue weighted by Gasteiger charge is 2.22. The predicted molar refractivity (Wildman–Crippen MR) is 50.7 cm³/mol. The molecule has 0 saturated heterocycles. The number of hydrogen-bond acceptors (Lipinski definition) is 5. The lowest BCUT2D eigenvalue weighted by Crippen LogP contribution is -2.24. The van der Waals surface area contributed by atoms with Gasteiger partial charge in [0, 0.05) is 6.07 Å². The van der Waals surface area contributed by atoms with Crippen LogP contribution in [0.2, 0.25) is 0 Å². The second-order valence-electron chi connectivity index (χ2n) is 3.78. The van der Waals surface area contributed by atoms with Gasteiger partial charge in [-0.3, -0.25) is 4.55 Å². The molecule has 0 amide bonds. The molecule has 1 N–H and O–H groups in total. The van der Waals surface area contributed by atoms with Crippen LogP contribution in [-0.2, 0) is 15.8 Å². The Hall–Kier alpha value is -1.21. The molecule has 0 aliphatic rings. The van der Waals surface area contributed by atoms with Crippen LogP contribution in [0.15, 0.2) is 15.7 Å². The highest BCUT2D eigenvalue weighted by atomic mass is 32.2. The maximum absolute atomic E-state index is 11.4. The summed E-state index contributed by atoms with van der Waals surface area (Å²) in [4.78, 5) is 11.4. The first-order valence-corrected chi connectivity index (χ1v) is 5.21. The van der Waals surface area contributed by atoms with Crippen LogP contribution in [0.5, 0.6) is 0 Å². The monoisotopic (exact) mass is 233 g/mol. The van der Waals surface area contributed by atoms with Gasteiger partial charge in [-0.05, 0) is 20.8 Å². The number of carbonyl (C=O) groups excluding carboxylic acids is 1. The van der Waals surface area contributed by atoms with Gasteiger partial charge in [0.05, 0.1) is 0 Å². The van der Waals surface area contributed by atoms with Gasteiger partial charge in [-0.15, -0.1) is 0 Å². The molecule has 1 aromatic heterocycles. The van der Waals surface area contributed by atoms with E-state index in [1.165, 1.54) is 0 Å². The average Bonchev–Trinajstić information content (AvgIpc) is 2.47. The standard InChI is InChI=1S/C8H11NO5S/c1-8(2,3)13-7(10)5-4-6(14-9-5)15(11)12/h4H,1-3H3,(H,11,12). The quantitative estimate of drug-likeness (QED) is 0.610. The maximum Gasteiger partial charge on any atom is 0.361 e. The van der Waals surface area contributed by atoms with E-state index in [0.29, 0.717) is 0 Å². The van der Waals surface area contributed by atoms with Gasteiger partial charge < -0.3 is 9.26 Å². The highest BCUT2D eigenvalue weighted by Crippen LogP contribution is 2.13. The summed E-state index contributed by atoms with van der Waals surface area (Å²) >= 11 is -2.28. The van der Waals surface area contributed by atoms with Crippen LogP contribution in [0, 0.1) is 0 Å². The summed E-state index contributed by atoms with van der Waals surface area (Å²) in [6.07, 6.45) is 0. The molecule has 84 valence electrons. The summed E-state index contributed by atoms with van der Waals surface area (Å²) in [6, 6.07) is 1.07. The van der Waals surface area contributed by atoms with Gasteiger partial charge in [-0.2, -0.15) is 0 Å². The Morgan fingerprint density at radius 1 is 1.60 bits per heavy atom. The van der Waals surface area contributed by atoms with Crippen LogP contribution in [0.1, 0.15) is 31.3 Å². The third-order valence-corrected chi connectivity index (χ3v) is 1.81. The van der Waals surface area contributed by atoms with Crippen molar-refractivity contribution in [1.29, 1.82) is 0 Å². The molecule has 7 heteroatoms. The first-order valence-electron chi connectivity index (χ1n) is 4.10. The molecule has 0 spiro atoms. The minimum atomic E-state index is -2.28. The zero-order chi connectivity index (χ0) is 11.6. The SMILES string of the molecule is CC(C)(C)OC(=O)c1cc(S(=O)O)on1. The number of esters is 1. The molecule has 0 aliphatic heterocycles. The van der Waals surface area contributed by atoms with E-state index in [2.05, 4.69) is 9.68 Å². The molecule has 0 aromatic carbocycles. The fraction of sp³-hybridized carbons (Fsp3) is 0.500. The molecule has 0 radical (unpaired) electrons. The molecule has 1 heterocycles. The second-order valence-corrected chi connectivity index (χ2v) is 4.68. The fourth-order valence-electron chi connectivity index (χ4n) is 0.767. The van der Waals surface area contributed by atoms with E-state index in [1.54, 1.807) is 20.8 Å². The zero-order valence-electron chi connectivity index (χ0n) is 8.51. The number of nitrogens with zero attached hydrogens (tertiary/aromatic N) is 1. The first kappa shape index (κ1) is 11.9. The topological polar surface area (TPSA) is 89.6 Å². The maximum atomic E-state index is 11.4. The molecule has 0 fully saturated rings. The Kier molecular flexibility index (Phi) is 3.25. The first-order chi connectivity index (χ1) is 6.79. The van der Waals surface area contributed by atoms with E-state index in [1.807, 2.05) is 0 Å². The Labute approximate surface area is 88.9 Å². The van der Waals surface area contributed by atoms with E-state index < -0.39 is 22.7 Å². The van der Waals surface area contributed by atoms with Crippen molar-refractivity contribution >= 4 is 17.0 Å². The fourth-order valence-corrected chi connectivity index (χ4v) is 1.08. The van der Waals surface area contributed by atoms with Crippen molar-refractivity contribution < 1.29 is 22.8 Å². The van der Waals surface area contributed by atoms with Crippen molar-refractivity contribution in [3.63, 3.8) is 0 Å². The summed E-state index contributed by atoms with van der Waals surface area (Å²) in [6.45, 7) is 5.11. The lowest BCUT2D eigenvalue weighted by molar-refractivity contribution is 0.00585. The smallest absolute Gasteiger partial charge is 0.361 e. The van der Waals surface area contributed by atoms with E-state index in [-0.39, 0.29) is 10.8 Å². The normalized spacial score (nSPS) is 13.6. The van der Waals surface area contributed by atoms with E-state index in [0.717, 1.165) is 6.07 Å². The molecule has 0 saturated carbocycles. The minimum absolute atomic E-state index is 0.123. The summed E-state index contributed by atoms with van der Waals surface area (Å²) in [5, 5.41) is 3.04. The molecule has 6 nitrogen and oxygen atoms in total. The summed E-state index contributed by atoms with van der Waals surface area (Å²) < 4.78 is 28.6. The molecular weight excluding hydrogens is 222 g/mol. The van der Waals surface area contributed by atoms with Gasteiger partial charge in [0.1, 0.15) is 5.60 Å². The van der Waals surface area contributed by atoms with Gasteiger partial charge in [0.25, 0.3) is 5.09 Å². The summed E-state index contributed by atoms with van der Waals surface area (Å²) in [5.41, 5.74) is -0.767. The van der Waals surface area contributed by atoms with Gasteiger partial charge in [-0.1, -0.05) is 5.16 Å². The molecule has 1 atom stereocenters. The van der Waals surface area contributed by atoms with Crippen molar-refractivity contribution in [2.24, 2.45) is 0 Å². The van der Waals surface area contributed by atoms with E-state index >= 15 is 0 Å². The summed E-state index contributed by atoms with van der Waals surface area (Å²) in [5.74, 6) is -0.692. The van der Waals surface area contributed by atoms with Crippen LogP contribution in [0.4, 0.5) is 0 Å². The number of hydrogen-bond donors (Lipinski definition) is 1.